The first kappa shape index (κ1) is 18.0. The average Bonchev–Trinajstić information content (AvgIpc) is 3.16. The lowest BCUT2D eigenvalue weighted by Crippen LogP contribution is -2.18. The lowest BCUT2D eigenvalue weighted by molar-refractivity contribution is -0.0394. The third kappa shape index (κ3) is 4.14. The first-order valence-electron chi connectivity index (χ1n) is 9.26. The monoisotopic (exact) mass is 387 g/mol. The Bertz CT molecular complexity index is 924. The highest BCUT2D eigenvalue weighted by Crippen LogP contribution is 2.29. The number of aromatic nitrogens is 4. The van der Waals surface area contributed by atoms with Crippen molar-refractivity contribution in [3.8, 4) is 5.75 Å². The van der Waals surface area contributed by atoms with Crippen LogP contribution in [0, 0.1) is 0 Å². The molecule has 1 saturated heterocycles. The van der Waals surface area contributed by atoms with Crippen LogP contribution in [-0.2, 0) is 4.74 Å². The van der Waals surface area contributed by atoms with Gasteiger partial charge in [-0.05, 0) is 55.5 Å². The van der Waals surface area contributed by atoms with Crippen LogP contribution in [0.5, 0.6) is 5.75 Å². The zero-order chi connectivity index (χ0) is 18.6. The minimum Gasteiger partial charge on any atom is -0.494 e. The highest BCUT2D eigenvalue weighted by atomic mass is 35.5. The van der Waals surface area contributed by atoms with Gasteiger partial charge in [-0.3, -0.25) is 0 Å². The van der Waals surface area contributed by atoms with Crippen molar-refractivity contribution in [2.45, 2.75) is 38.8 Å². The van der Waals surface area contributed by atoms with Crippen molar-refractivity contribution in [3.05, 3.63) is 35.9 Å². The van der Waals surface area contributed by atoms with E-state index in [1.807, 2.05) is 29.1 Å². The maximum absolute atomic E-state index is 6.11. The number of ether oxygens (including phenoxy) is 2. The second kappa shape index (κ2) is 8.10. The van der Waals surface area contributed by atoms with Crippen LogP contribution in [0.15, 0.2) is 30.6 Å². The molecule has 0 amide bonds. The highest BCUT2D eigenvalue weighted by molar-refractivity contribution is 6.28. The summed E-state index contributed by atoms with van der Waals surface area (Å²) in [5, 5.41) is 8.76. The molecule has 27 heavy (non-hydrogen) atoms. The number of halogens is 1. The van der Waals surface area contributed by atoms with Gasteiger partial charge in [-0.25, -0.2) is 9.67 Å². The van der Waals surface area contributed by atoms with Crippen LogP contribution in [0.3, 0.4) is 0 Å². The lowest BCUT2D eigenvalue weighted by Gasteiger charge is -2.22. The summed E-state index contributed by atoms with van der Waals surface area (Å²) in [7, 11) is 0. The summed E-state index contributed by atoms with van der Waals surface area (Å²) in [6.45, 7) is 3.52. The van der Waals surface area contributed by atoms with E-state index in [1.165, 1.54) is 0 Å². The maximum atomic E-state index is 6.11. The topological polar surface area (TPSA) is 74.1 Å². The van der Waals surface area contributed by atoms with E-state index in [4.69, 9.17) is 21.1 Å². The first-order chi connectivity index (χ1) is 13.2. The largest absolute Gasteiger partial charge is 0.494 e. The number of hydrogen-bond acceptors (Lipinski definition) is 6. The number of benzene rings is 1. The molecule has 2 aromatic heterocycles. The summed E-state index contributed by atoms with van der Waals surface area (Å²) >= 11 is 6.11. The summed E-state index contributed by atoms with van der Waals surface area (Å²) in [5.41, 5.74) is 1.57. The van der Waals surface area contributed by atoms with Gasteiger partial charge < -0.3 is 14.8 Å². The number of nitrogens with zero attached hydrogens (tertiary/aromatic N) is 4. The standard InChI is InChI=1S/C19H22ClN5O2/c1-2-8-26-14-6-7-16-15(10-14)18(24-19(20)23-16)22-13-11-21-25(12-13)17-5-3-4-9-27-17/h6-7,10-12,17H,2-5,8-9H2,1H3,(H,22,23,24). The minimum atomic E-state index is -0.00548. The van der Waals surface area contributed by atoms with Crippen LogP contribution >= 0.6 is 11.6 Å². The van der Waals surface area contributed by atoms with Crippen LogP contribution in [-0.4, -0.2) is 33.0 Å². The van der Waals surface area contributed by atoms with Gasteiger partial charge in [-0.15, -0.1) is 0 Å². The third-order valence-corrected chi connectivity index (χ3v) is 4.60. The molecule has 1 N–H and O–H groups in total. The van der Waals surface area contributed by atoms with E-state index in [0.717, 1.165) is 54.6 Å². The molecule has 1 aromatic carbocycles. The van der Waals surface area contributed by atoms with Crippen LogP contribution < -0.4 is 10.1 Å². The first-order valence-corrected chi connectivity index (χ1v) is 9.63. The van der Waals surface area contributed by atoms with Crippen molar-refractivity contribution in [1.82, 2.24) is 19.7 Å². The molecular weight excluding hydrogens is 366 g/mol. The highest BCUT2D eigenvalue weighted by Gasteiger charge is 2.17. The van der Waals surface area contributed by atoms with Crippen LogP contribution in [0.2, 0.25) is 5.28 Å². The Balaban J connectivity index is 1.61. The smallest absolute Gasteiger partial charge is 0.224 e. The lowest BCUT2D eigenvalue weighted by atomic mass is 10.2. The molecule has 3 aromatic rings. The fraction of sp³-hybridized carbons (Fsp3) is 0.421. The minimum absolute atomic E-state index is 0.00548. The average molecular weight is 388 g/mol. The Hall–Kier alpha value is -2.38. The SMILES string of the molecule is CCCOc1ccc2nc(Cl)nc(Nc3cnn(C4CCCCO4)c3)c2c1. The molecule has 0 bridgehead atoms. The number of anilines is 2. The van der Waals surface area contributed by atoms with Gasteiger partial charge in [-0.1, -0.05) is 6.92 Å². The quantitative estimate of drug-likeness (QED) is 0.617. The van der Waals surface area contributed by atoms with Crippen LogP contribution in [0.1, 0.15) is 38.8 Å². The van der Waals surface area contributed by atoms with Gasteiger partial charge in [-0.2, -0.15) is 10.1 Å². The normalized spacial score (nSPS) is 17.2. The molecular formula is C19H22ClN5O2. The summed E-state index contributed by atoms with van der Waals surface area (Å²) in [6.07, 6.45) is 7.86. The van der Waals surface area contributed by atoms with E-state index in [1.54, 1.807) is 6.20 Å². The van der Waals surface area contributed by atoms with Gasteiger partial charge in [0.2, 0.25) is 5.28 Å². The van der Waals surface area contributed by atoms with Crippen molar-refractivity contribution >= 4 is 34.0 Å². The molecule has 8 heteroatoms. The zero-order valence-corrected chi connectivity index (χ0v) is 15.9. The van der Waals surface area contributed by atoms with E-state index < -0.39 is 0 Å². The Morgan fingerprint density at radius 1 is 1.33 bits per heavy atom. The van der Waals surface area contributed by atoms with Crippen molar-refractivity contribution in [2.24, 2.45) is 0 Å². The predicted octanol–water partition coefficient (Wildman–Crippen LogP) is 4.71. The summed E-state index contributed by atoms with van der Waals surface area (Å²) in [5.74, 6) is 1.40. The van der Waals surface area contributed by atoms with Crippen molar-refractivity contribution in [2.75, 3.05) is 18.5 Å². The molecule has 1 aliphatic heterocycles. The Morgan fingerprint density at radius 2 is 2.26 bits per heavy atom. The van der Waals surface area contributed by atoms with Gasteiger partial charge in [0.15, 0.2) is 0 Å². The molecule has 1 unspecified atom stereocenters. The second-order valence-electron chi connectivity index (χ2n) is 6.52. The predicted molar refractivity (Wildman–Crippen MR) is 105 cm³/mol. The van der Waals surface area contributed by atoms with E-state index in [-0.39, 0.29) is 11.5 Å². The Morgan fingerprint density at radius 3 is 3.07 bits per heavy atom. The fourth-order valence-corrected chi connectivity index (χ4v) is 3.29. The molecule has 1 atom stereocenters. The summed E-state index contributed by atoms with van der Waals surface area (Å²) in [6, 6.07) is 5.71. The molecule has 0 aliphatic carbocycles. The van der Waals surface area contributed by atoms with Gasteiger partial charge in [0.1, 0.15) is 17.8 Å². The Labute approximate surface area is 162 Å². The van der Waals surface area contributed by atoms with Crippen molar-refractivity contribution in [3.63, 3.8) is 0 Å². The van der Waals surface area contributed by atoms with E-state index in [9.17, 15) is 0 Å². The fourth-order valence-electron chi connectivity index (χ4n) is 3.11. The number of nitrogens with one attached hydrogen (secondary N) is 1. The summed E-state index contributed by atoms with van der Waals surface area (Å²) in [4.78, 5) is 8.66. The molecule has 0 spiro atoms. The van der Waals surface area contributed by atoms with Crippen LogP contribution in [0.4, 0.5) is 11.5 Å². The van der Waals surface area contributed by atoms with Gasteiger partial charge in [0.05, 0.1) is 30.2 Å². The molecule has 142 valence electrons. The zero-order valence-electron chi connectivity index (χ0n) is 15.2. The molecule has 0 radical (unpaired) electrons. The number of hydrogen-bond donors (Lipinski definition) is 1. The summed E-state index contributed by atoms with van der Waals surface area (Å²) < 4.78 is 13.4. The third-order valence-electron chi connectivity index (χ3n) is 4.43. The molecule has 1 aliphatic rings. The molecule has 1 fully saturated rings. The van der Waals surface area contributed by atoms with Crippen molar-refractivity contribution < 1.29 is 9.47 Å². The molecule has 4 rings (SSSR count). The molecule has 0 saturated carbocycles. The van der Waals surface area contributed by atoms with Gasteiger partial charge in [0, 0.05) is 12.0 Å². The molecule has 3 heterocycles. The maximum Gasteiger partial charge on any atom is 0.224 e. The molecule has 7 nitrogen and oxygen atoms in total. The van der Waals surface area contributed by atoms with E-state index in [0.29, 0.717) is 12.4 Å². The second-order valence-corrected chi connectivity index (χ2v) is 6.86. The number of fused-ring (bicyclic) bond motifs is 1. The number of rotatable bonds is 6. The van der Waals surface area contributed by atoms with E-state index >= 15 is 0 Å². The van der Waals surface area contributed by atoms with Crippen LogP contribution in [0.25, 0.3) is 10.9 Å². The van der Waals surface area contributed by atoms with E-state index in [2.05, 4.69) is 27.3 Å². The Kier molecular flexibility index (Phi) is 5.40. The van der Waals surface area contributed by atoms with Gasteiger partial charge in [0.25, 0.3) is 0 Å². The van der Waals surface area contributed by atoms with Gasteiger partial charge >= 0.3 is 0 Å². The van der Waals surface area contributed by atoms with Crippen molar-refractivity contribution in [1.29, 1.82) is 0 Å².